The number of hydrogen-bond acceptors (Lipinski definition) is 4. The Morgan fingerprint density at radius 2 is 2.05 bits per heavy atom. The topological polar surface area (TPSA) is 64.4 Å². The number of nitrogens with one attached hydrogen (secondary N) is 1. The van der Waals surface area contributed by atoms with E-state index < -0.39 is 4.92 Å². The zero-order chi connectivity index (χ0) is 15.2. The molecule has 2 aromatic carbocycles. The molecule has 0 fully saturated rings. The van der Waals surface area contributed by atoms with Gasteiger partial charge in [0.25, 0.3) is 0 Å². The van der Waals surface area contributed by atoms with Crippen molar-refractivity contribution in [2.24, 2.45) is 0 Å². The summed E-state index contributed by atoms with van der Waals surface area (Å²) in [5.74, 6) is 0.285. The number of nitrogens with zero attached hydrogens (tertiary/aromatic N) is 1. The Bertz CT molecular complexity index is 647. The molecule has 0 aromatic heterocycles. The molecule has 0 saturated heterocycles. The highest BCUT2D eigenvalue weighted by Gasteiger charge is 2.15. The highest BCUT2D eigenvalue weighted by atomic mass is 79.9. The second-order valence-corrected chi connectivity index (χ2v) is 5.42. The number of nitro benzene ring substituents is 1. The van der Waals surface area contributed by atoms with E-state index in [1.165, 1.54) is 6.07 Å². The molecule has 5 nitrogen and oxygen atoms in total. The van der Waals surface area contributed by atoms with Crippen molar-refractivity contribution in [3.05, 3.63) is 68.2 Å². The van der Waals surface area contributed by atoms with Gasteiger partial charge in [-0.2, -0.15) is 0 Å². The van der Waals surface area contributed by atoms with Crippen LogP contribution in [0.4, 0.5) is 5.69 Å². The minimum atomic E-state index is -0.431. The zero-order valence-corrected chi connectivity index (χ0v) is 13.1. The van der Waals surface area contributed by atoms with E-state index >= 15 is 0 Å². The van der Waals surface area contributed by atoms with Crippen LogP contribution in [-0.4, -0.2) is 12.0 Å². The summed E-state index contributed by atoms with van der Waals surface area (Å²) in [7, 11) is 1.82. The van der Waals surface area contributed by atoms with E-state index in [4.69, 9.17) is 4.74 Å². The third-order valence-corrected chi connectivity index (χ3v) is 3.38. The van der Waals surface area contributed by atoms with Crippen LogP contribution < -0.4 is 10.1 Å². The van der Waals surface area contributed by atoms with Crippen molar-refractivity contribution in [3.63, 3.8) is 0 Å². The molecule has 0 atom stereocenters. The molecular weight excluding hydrogens is 336 g/mol. The van der Waals surface area contributed by atoms with Crippen LogP contribution in [0.25, 0.3) is 0 Å². The molecule has 0 aliphatic carbocycles. The lowest BCUT2D eigenvalue weighted by molar-refractivity contribution is -0.386. The Balaban J connectivity index is 2.20. The first kappa shape index (κ1) is 15.5. The molecule has 21 heavy (non-hydrogen) atoms. The summed E-state index contributed by atoms with van der Waals surface area (Å²) in [4.78, 5) is 10.6. The van der Waals surface area contributed by atoms with Crippen LogP contribution in [0.15, 0.2) is 46.9 Å². The van der Waals surface area contributed by atoms with Crippen LogP contribution in [0.5, 0.6) is 5.75 Å². The maximum atomic E-state index is 11.1. The number of rotatable bonds is 6. The predicted molar refractivity (Wildman–Crippen MR) is 84.3 cm³/mol. The first-order valence-electron chi connectivity index (χ1n) is 6.39. The Morgan fingerprint density at radius 1 is 1.24 bits per heavy atom. The first-order valence-corrected chi connectivity index (χ1v) is 7.18. The van der Waals surface area contributed by atoms with Gasteiger partial charge in [0.1, 0.15) is 6.61 Å². The second-order valence-electron chi connectivity index (χ2n) is 4.51. The van der Waals surface area contributed by atoms with Crippen molar-refractivity contribution in [2.45, 2.75) is 13.2 Å². The van der Waals surface area contributed by atoms with Crippen LogP contribution in [0.3, 0.4) is 0 Å². The second kappa shape index (κ2) is 7.19. The molecule has 110 valence electrons. The minimum Gasteiger partial charge on any atom is -0.482 e. The van der Waals surface area contributed by atoms with Crippen LogP contribution in [0, 0.1) is 10.1 Å². The molecule has 0 aliphatic heterocycles. The van der Waals surface area contributed by atoms with Gasteiger partial charge in [0.2, 0.25) is 0 Å². The van der Waals surface area contributed by atoms with Gasteiger partial charge in [-0.05, 0) is 36.4 Å². The van der Waals surface area contributed by atoms with Crippen LogP contribution >= 0.6 is 15.9 Å². The molecule has 2 aromatic rings. The number of nitro groups is 1. The van der Waals surface area contributed by atoms with E-state index in [2.05, 4.69) is 21.2 Å². The number of benzene rings is 2. The molecule has 2 rings (SSSR count). The van der Waals surface area contributed by atoms with Gasteiger partial charge in [0, 0.05) is 17.1 Å². The van der Waals surface area contributed by atoms with Gasteiger partial charge in [-0.3, -0.25) is 10.1 Å². The fourth-order valence-corrected chi connectivity index (χ4v) is 2.37. The normalized spacial score (nSPS) is 10.4. The summed E-state index contributed by atoms with van der Waals surface area (Å²) in [6, 6.07) is 12.5. The fraction of sp³-hybridized carbons (Fsp3) is 0.200. The van der Waals surface area contributed by atoms with Crippen molar-refractivity contribution in [3.8, 4) is 5.75 Å². The Labute approximate surface area is 131 Å². The van der Waals surface area contributed by atoms with Gasteiger partial charge in [0.05, 0.1) is 4.92 Å². The molecule has 6 heteroatoms. The quantitative estimate of drug-likeness (QED) is 0.637. The lowest BCUT2D eigenvalue weighted by Gasteiger charge is -2.09. The van der Waals surface area contributed by atoms with E-state index in [0.717, 1.165) is 15.6 Å². The summed E-state index contributed by atoms with van der Waals surface area (Å²) in [6.07, 6.45) is 0. The van der Waals surface area contributed by atoms with Gasteiger partial charge >= 0.3 is 5.69 Å². The van der Waals surface area contributed by atoms with E-state index in [1.54, 1.807) is 12.1 Å². The van der Waals surface area contributed by atoms with Crippen molar-refractivity contribution < 1.29 is 9.66 Å². The largest absolute Gasteiger partial charge is 0.482 e. The van der Waals surface area contributed by atoms with Gasteiger partial charge < -0.3 is 10.1 Å². The molecule has 0 heterocycles. The van der Waals surface area contributed by atoms with E-state index in [0.29, 0.717) is 6.54 Å². The number of hydrogen-bond donors (Lipinski definition) is 1. The average Bonchev–Trinajstić information content (AvgIpc) is 2.45. The highest BCUT2D eigenvalue weighted by molar-refractivity contribution is 9.10. The van der Waals surface area contributed by atoms with Crippen molar-refractivity contribution in [1.29, 1.82) is 0 Å². The Hall–Kier alpha value is -1.92. The van der Waals surface area contributed by atoms with E-state index in [-0.39, 0.29) is 18.0 Å². The summed E-state index contributed by atoms with van der Waals surface area (Å²) in [5, 5.41) is 14.1. The van der Waals surface area contributed by atoms with Gasteiger partial charge in [-0.25, -0.2) is 0 Å². The smallest absolute Gasteiger partial charge is 0.310 e. The maximum Gasteiger partial charge on any atom is 0.310 e. The maximum absolute atomic E-state index is 11.1. The van der Waals surface area contributed by atoms with Gasteiger partial charge in [-0.15, -0.1) is 0 Å². The molecule has 0 aliphatic rings. The Kier molecular flexibility index (Phi) is 5.30. The zero-order valence-electron chi connectivity index (χ0n) is 11.5. The van der Waals surface area contributed by atoms with Crippen molar-refractivity contribution >= 4 is 21.6 Å². The summed E-state index contributed by atoms with van der Waals surface area (Å²) in [6.45, 7) is 0.911. The molecule has 0 unspecified atom stereocenters. The summed E-state index contributed by atoms with van der Waals surface area (Å²) in [5.41, 5.74) is 1.86. The van der Waals surface area contributed by atoms with Crippen molar-refractivity contribution in [2.75, 3.05) is 7.05 Å². The third kappa shape index (κ3) is 4.27. The highest BCUT2D eigenvalue weighted by Crippen LogP contribution is 2.29. The Morgan fingerprint density at radius 3 is 2.71 bits per heavy atom. The number of ether oxygens (including phenoxy) is 1. The first-order chi connectivity index (χ1) is 10.1. The molecule has 0 spiro atoms. The standard InChI is InChI=1S/C15H15BrN2O3/c1-17-9-11-5-6-14(18(19)20)15(8-11)21-10-12-3-2-4-13(16)7-12/h2-8,17H,9-10H2,1H3. The summed E-state index contributed by atoms with van der Waals surface area (Å²) >= 11 is 3.39. The number of halogens is 1. The van der Waals surface area contributed by atoms with Crippen LogP contribution in [-0.2, 0) is 13.2 Å². The molecular formula is C15H15BrN2O3. The minimum absolute atomic E-state index is 0.0233. The van der Waals surface area contributed by atoms with Gasteiger partial charge in [-0.1, -0.05) is 34.1 Å². The lowest BCUT2D eigenvalue weighted by atomic mass is 10.2. The van der Waals surface area contributed by atoms with E-state index in [9.17, 15) is 10.1 Å². The van der Waals surface area contributed by atoms with E-state index in [1.807, 2.05) is 31.3 Å². The van der Waals surface area contributed by atoms with Crippen LogP contribution in [0.1, 0.15) is 11.1 Å². The fourth-order valence-electron chi connectivity index (χ4n) is 1.93. The third-order valence-electron chi connectivity index (χ3n) is 2.89. The molecule has 1 N–H and O–H groups in total. The molecule has 0 radical (unpaired) electrons. The van der Waals surface area contributed by atoms with Crippen molar-refractivity contribution in [1.82, 2.24) is 5.32 Å². The van der Waals surface area contributed by atoms with Crippen LogP contribution in [0.2, 0.25) is 0 Å². The summed E-state index contributed by atoms with van der Waals surface area (Å²) < 4.78 is 6.58. The SMILES string of the molecule is CNCc1ccc([N+](=O)[O-])c(OCc2cccc(Br)c2)c1. The average molecular weight is 351 g/mol. The van der Waals surface area contributed by atoms with Gasteiger partial charge in [0.15, 0.2) is 5.75 Å². The molecule has 0 saturated carbocycles. The monoisotopic (exact) mass is 350 g/mol. The molecule has 0 amide bonds. The molecule has 0 bridgehead atoms. The lowest BCUT2D eigenvalue weighted by Crippen LogP contribution is -2.06. The predicted octanol–water partition coefficient (Wildman–Crippen LogP) is 3.66.